The highest BCUT2D eigenvalue weighted by Gasteiger charge is 2.84. The van der Waals surface area contributed by atoms with E-state index in [9.17, 15) is 0 Å². The van der Waals surface area contributed by atoms with Crippen LogP contribution in [0.5, 0.6) is 0 Å². The largest absolute Gasteiger partial charge is 0.310 e. The molecule has 6 unspecified atom stereocenters. The Hall–Kier alpha value is -2.97. The maximum atomic E-state index is 2.87. The first-order chi connectivity index (χ1) is 24.7. The highest BCUT2D eigenvalue weighted by molar-refractivity contribution is 7.99. The quantitative estimate of drug-likeness (QED) is 0.209. The van der Waals surface area contributed by atoms with Crippen molar-refractivity contribution >= 4 is 28.8 Å². The normalized spacial score (nSPS) is 33.8. The Labute approximate surface area is 317 Å². The Morgan fingerprint density at radius 1 is 0.500 bits per heavy atom. The van der Waals surface area contributed by atoms with E-state index in [2.05, 4.69) is 151 Å². The summed E-state index contributed by atoms with van der Waals surface area (Å²) in [6, 6.07) is 31.9. The molecule has 4 aromatic carbocycles. The van der Waals surface area contributed by atoms with Gasteiger partial charge in [0.25, 0.3) is 0 Å². The predicted molar refractivity (Wildman–Crippen MR) is 218 cm³/mol. The van der Waals surface area contributed by atoms with Gasteiger partial charge in [0.1, 0.15) is 0 Å². The maximum Gasteiger partial charge on any atom is 0.0514 e. The van der Waals surface area contributed by atoms with Crippen molar-refractivity contribution in [2.45, 2.75) is 144 Å². The zero-order chi connectivity index (χ0) is 35.8. The molecule has 2 spiro atoms. The lowest BCUT2D eigenvalue weighted by atomic mass is 9.26. The molecule has 6 atom stereocenters. The summed E-state index contributed by atoms with van der Waals surface area (Å²) in [6.07, 6.45) is 10.7. The molecule has 2 heteroatoms. The van der Waals surface area contributed by atoms with Gasteiger partial charge < -0.3 is 4.90 Å². The zero-order valence-electron chi connectivity index (χ0n) is 32.8. The van der Waals surface area contributed by atoms with E-state index in [-0.39, 0.29) is 27.1 Å². The summed E-state index contributed by atoms with van der Waals surface area (Å²) in [5.41, 5.74) is 15.0. The van der Waals surface area contributed by atoms with Crippen LogP contribution in [0.3, 0.4) is 0 Å². The summed E-state index contributed by atoms with van der Waals surface area (Å²) < 4.78 is 0. The van der Waals surface area contributed by atoms with Gasteiger partial charge >= 0.3 is 0 Å². The SMILES string of the molecule is CC1(C)CCC(C)(C)c2c(N(c3cccc4c3C(C)(C)CCC4(C)C)c3cccc4c3C3(c5ccccc5S4)C4CC5CC6CC3C64C5)cccc21. The molecule has 4 aromatic rings. The summed E-state index contributed by atoms with van der Waals surface area (Å²) >= 11 is 2.06. The Bertz CT molecular complexity index is 2120. The monoisotopic (exact) mass is 703 g/mol. The Morgan fingerprint density at radius 2 is 1.00 bits per heavy atom. The minimum absolute atomic E-state index is 0.0729. The van der Waals surface area contributed by atoms with E-state index in [0.717, 1.165) is 23.7 Å². The van der Waals surface area contributed by atoms with Crippen LogP contribution in [0.15, 0.2) is 88.7 Å². The van der Waals surface area contributed by atoms with Crippen LogP contribution in [0.4, 0.5) is 17.1 Å². The van der Waals surface area contributed by atoms with Gasteiger partial charge in [-0.05, 0) is 160 Å². The molecule has 268 valence electrons. The van der Waals surface area contributed by atoms with Gasteiger partial charge in [0.05, 0.1) is 17.1 Å². The third-order valence-electron chi connectivity index (χ3n) is 16.8. The van der Waals surface area contributed by atoms with Gasteiger partial charge in [-0.2, -0.15) is 0 Å². The average molecular weight is 704 g/mol. The molecule has 0 amide bonds. The Balaban J connectivity index is 1.25. The van der Waals surface area contributed by atoms with E-state index in [0.29, 0.717) is 5.41 Å². The molecular weight excluding hydrogens is 647 g/mol. The van der Waals surface area contributed by atoms with Gasteiger partial charge in [-0.1, -0.05) is 116 Å². The van der Waals surface area contributed by atoms with Crippen LogP contribution in [-0.2, 0) is 27.1 Å². The van der Waals surface area contributed by atoms with Crippen molar-refractivity contribution in [1.29, 1.82) is 0 Å². The fourth-order valence-electron chi connectivity index (χ4n) is 14.5. The second-order valence-corrected chi connectivity index (χ2v) is 22.2. The van der Waals surface area contributed by atoms with Crippen molar-refractivity contribution in [2.75, 3.05) is 4.90 Å². The molecule has 6 aliphatic carbocycles. The summed E-state index contributed by atoms with van der Waals surface area (Å²) in [6.45, 7) is 20.1. The van der Waals surface area contributed by atoms with Gasteiger partial charge in [-0.25, -0.2) is 0 Å². The van der Waals surface area contributed by atoms with E-state index in [1.165, 1.54) is 78.2 Å². The predicted octanol–water partition coefficient (Wildman–Crippen LogP) is 13.7. The lowest BCUT2D eigenvalue weighted by Crippen LogP contribution is -2.74. The Morgan fingerprint density at radius 3 is 1.62 bits per heavy atom. The van der Waals surface area contributed by atoms with Gasteiger partial charge in [0, 0.05) is 20.8 Å². The molecule has 4 fully saturated rings. The van der Waals surface area contributed by atoms with Gasteiger partial charge in [0.15, 0.2) is 0 Å². The third-order valence-corrected chi connectivity index (χ3v) is 18.0. The number of hydrogen-bond donors (Lipinski definition) is 0. The maximum absolute atomic E-state index is 2.87. The molecule has 2 bridgehead atoms. The molecule has 0 radical (unpaired) electrons. The van der Waals surface area contributed by atoms with E-state index < -0.39 is 0 Å². The highest BCUT2D eigenvalue weighted by Crippen LogP contribution is 2.89. The van der Waals surface area contributed by atoms with Crippen molar-refractivity contribution in [3.63, 3.8) is 0 Å². The van der Waals surface area contributed by atoms with Crippen LogP contribution in [0.1, 0.15) is 140 Å². The fraction of sp³-hybridized carbons (Fsp3) is 0.520. The van der Waals surface area contributed by atoms with Crippen LogP contribution in [0.2, 0.25) is 0 Å². The van der Waals surface area contributed by atoms with Crippen molar-refractivity contribution in [3.05, 3.63) is 112 Å². The third kappa shape index (κ3) is 3.75. The fourth-order valence-corrected chi connectivity index (χ4v) is 15.7. The second-order valence-electron chi connectivity index (χ2n) is 21.1. The second kappa shape index (κ2) is 10.0. The number of hydrogen-bond acceptors (Lipinski definition) is 2. The zero-order valence-corrected chi connectivity index (χ0v) is 33.6. The van der Waals surface area contributed by atoms with Crippen LogP contribution in [-0.4, -0.2) is 0 Å². The number of anilines is 3. The smallest absolute Gasteiger partial charge is 0.0514 e. The minimum atomic E-state index is 0.0729. The highest BCUT2D eigenvalue weighted by atomic mass is 32.2. The molecular formula is C50H57NS. The minimum Gasteiger partial charge on any atom is -0.310 e. The van der Waals surface area contributed by atoms with E-state index in [4.69, 9.17) is 0 Å². The molecule has 1 heterocycles. The first-order valence-corrected chi connectivity index (χ1v) is 21.5. The van der Waals surface area contributed by atoms with Crippen molar-refractivity contribution < 1.29 is 0 Å². The Kier molecular flexibility index (Phi) is 6.25. The van der Waals surface area contributed by atoms with E-state index in [1.807, 2.05) is 0 Å². The van der Waals surface area contributed by atoms with Crippen molar-refractivity contribution in [1.82, 2.24) is 0 Å². The number of benzene rings is 4. The lowest BCUT2D eigenvalue weighted by molar-refractivity contribution is -0.234. The van der Waals surface area contributed by atoms with Crippen LogP contribution < -0.4 is 4.90 Å². The summed E-state index contributed by atoms with van der Waals surface area (Å²) in [5, 5.41) is 0. The summed E-state index contributed by atoms with van der Waals surface area (Å²) in [4.78, 5) is 5.89. The van der Waals surface area contributed by atoms with Crippen LogP contribution in [0, 0.1) is 29.1 Å². The molecule has 0 saturated heterocycles. The summed E-state index contributed by atoms with van der Waals surface area (Å²) in [7, 11) is 0. The topological polar surface area (TPSA) is 3.24 Å². The lowest BCUT2D eigenvalue weighted by Gasteiger charge is -2.78. The van der Waals surface area contributed by atoms with Gasteiger partial charge in [-0.15, -0.1) is 0 Å². The van der Waals surface area contributed by atoms with Crippen molar-refractivity contribution in [3.8, 4) is 0 Å². The first kappa shape index (κ1) is 32.5. The molecule has 4 saturated carbocycles. The molecule has 1 aliphatic heterocycles. The molecule has 52 heavy (non-hydrogen) atoms. The average Bonchev–Trinajstić information content (AvgIpc) is 3.64. The number of nitrogens with zero attached hydrogens (tertiary/aromatic N) is 1. The van der Waals surface area contributed by atoms with Crippen molar-refractivity contribution in [2.24, 2.45) is 29.1 Å². The summed E-state index contributed by atoms with van der Waals surface area (Å²) in [5.74, 6) is 3.41. The van der Waals surface area contributed by atoms with Gasteiger partial charge in [0.2, 0.25) is 0 Å². The van der Waals surface area contributed by atoms with E-state index >= 15 is 0 Å². The van der Waals surface area contributed by atoms with Crippen LogP contribution in [0.25, 0.3) is 0 Å². The van der Waals surface area contributed by atoms with Gasteiger partial charge in [-0.3, -0.25) is 0 Å². The molecule has 1 nitrogen and oxygen atoms in total. The van der Waals surface area contributed by atoms with Crippen LogP contribution >= 0.6 is 11.8 Å². The molecule has 7 aliphatic rings. The number of fused-ring (bicyclic) bond motifs is 9. The molecule has 0 N–H and O–H groups in total. The standard InChI is InChI=1S/C50H57NS/c1-45(2)22-24-47(5,6)42-33(45)15-11-17-35(42)51(36-18-12-16-34-43(36)48(7,8)25-23-46(34,3)4)37-19-13-21-39-44(37)50(32-14-9-10-20-38(32)52-39)40-27-30-26-31-28-41(50)49(31,40)29-30/h9-21,30-31,40-41H,22-29H2,1-8H3. The molecule has 11 rings (SSSR count). The van der Waals surface area contributed by atoms with E-state index in [1.54, 1.807) is 33.4 Å². The number of rotatable bonds is 3. The molecule has 0 aromatic heterocycles. The first-order valence-electron chi connectivity index (χ1n) is 20.7.